The largest absolute Gasteiger partial charge is 0.341 e. The molecule has 0 heterocycles. The monoisotopic (exact) mass is 364 g/mol. The zero-order chi connectivity index (χ0) is 18.6. The molecule has 2 rings (SSSR count). The van der Waals surface area contributed by atoms with Gasteiger partial charge < -0.3 is 4.90 Å². The Hall–Kier alpha value is -2.41. The number of nitrogens with zero attached hydrogens (tertiary/aromatic N) is 2. The summed E-state index contributed by atoms with van der Waals surface area (Å²) in [5.41, 5.74) is 1.75. The van der Waals surface area contributed by atoms with Gasteiger partial charge in [-0.05, 0) is 23.8 Å². The first-order valence-electron chi connectivity index (χ1n) is 7.68. The lowest BCUT2D eigenvalue weighted by Crippen LogP contribution is -2.28. The predicted octanol–water partition coefficient (Wildman–Crippen LogP) is 2.42. The highest BCUT2D eigenvalue weighted by molar-refractivity contribution is 7.92. The molecule has 0 spiro atoms. The Kier molecular flexibility index (Phi) is 5.79. The van der Waals surface area contributed by atoms with Crippen LogP contribution in [0.25, 0.3) is 0 Å². The van der Waals surface area contributed by atoms with Crippen molar-refractivity contribution in [2.24, 2.45) is 0 Å². The Balaban J connectivity index is 2.02. The summed E-state index contributed by atoms with van der Waals surface area (Å²) in [6, 6.07) is 13.1. The van der Waals surface area contributed by atoms with Crippen LogP contribution in [0.4, 0.5) is 10.1 Å². The van der Waals surface area contributed by atoms with Crippen molar-refractivity contribution in [1.29, 1.82) is 0 Å². The van der Waals surface area contributed by atoms with Crippen LogP contribution in [0.1, 0.15) is 11.1 Å². The van der Waals surface area contributed by atoms with Crippen LogP contribution in [0.5, 0.6) is 0 Å². The van der Waals surface area contributed by atoms with Crippen LogP contribution < -0.4 is 4.31 Å². The number of sulfonamides is 1. The average molecular weight is 364 g/mol. The van der Waals surface area contributed by atoms with E-state index in [0.717, 1.165) is 11.8 Å². The SMILES string of the molecule is CN(Cc1ccccc1F)C(=O)Cc1ccc(N(C)S(C)(=O)=O)cc1. The molecule has 25 heavy (non-hydrogen) atoms. The van der Waals surface area contributed by atoms with Crippen LogP contribution in [0.15, 0.2) is 48.5 Å². The highest BCUT2D eigenvalue weighted by Gasteiger charge is 2.14. The number of hydrogen-bond donors (Lipinski definition) is 0. The fraction of sp³-hybridized carbons (Fsp3) is 0.278. The number of likely N-dealkylation sites (N-methyl/N-ethyl adjacent to an activating group) is 1. The maximum Gasteiger partial charge on any atom is 0.231 e. The van der Waals surface area contributed by atoms with Gasteiger partial charge in [-0.1, -0.05) is 30.3 Å². The third-order valence-corrected chi connectivity index (χ3v) is 5.15. The van der Waals surface area contributed by atoms with Crippen LogP contribution in [-0.4, -0.2) is 39.6 Å². The van der Waals surface area contributed by atoms with Crippen LogP contribution in [0.3, 0.4) is 0 Å². The van der Waals surface area contributed by atoms with Gasteiger partial charge in [0, 0.05) is 26.2 Å². The fourth-order valence-electron chi connectivity index (χ4n) is 2.30. The van der Waals surface area contributed by atoms with Crippen LogP contribution >= 0.6 is 0 Å². The molecule has 0 aliphatic rings. The summed E-state index contributed by atoms with van der Waals surface area (Å²) in [5.74, 6) is -0.484. The minimum Gasteiger partial charge on any atom is -0.341 e. The number of carbonyl (C=O) groups is 1. The number of rotatable bonds is 6. The zero-order valence-corrected chi connectivity index (χ0v) is 15.3. The molecular formula is C18H21FN2O3S. The molecule has 2 aromatic rings. The number of carbonyl (C=O) groups excluding carboxylic acids is 1. The molecule has 1 amide bonds. The molecule has 0 aliphatic heterocycles. The van der Waals surface area contributed by atoms with Gasteiger partial charge in [-0.3, -0.25) is 9.10 Å². The Labute approximate surface area is 147 Å². The molecule has 0 saturated carbocycles. The van der Waals surface area contributed by atoms with E-state index in [9.17, 15) is 17.6 Å². The molecule has 7 heteroatoms. The topological polar surface area (TPSA) is 57.7 Å². The van der Waals surface area contributed by atoms with E-state index in [-0.39, 0.29) is 24.7 Å². The van der Waals surface area contributed by atoms with Gasteiger partial charge in [-0.15, -0.1) is 0 Å². The van der Waals surface area contributed by atoms with Crippen molar-refractivity contribution in [1.82, 2.24) is 4.90 Å². The van der Waals surface area contributed by atoms with Gasteiger partial charge in [0.2, 0.25) is 15.9 Å². The number of hydrogen-bond acceptors (Lipinski definition) is 3. The first kappa shape index (κ1) is 18.9. The van der Waals surface area contributed by atoms with Gasteiger partial charge in [-0.25, -0.2) is 12.8 Å². The second-order valence-electron chi connectivity index (χ2n) is 5.91. The van der Waals surface area contributed by atoms with E-state index >= 15 is 0 Å². The van der Waals surface area contributed by atoms with Gasteiger partial charge in [0.15, 0.2) is 0 Å². The summed E-state index contributed by atoms with van der Waals surface area (Å²) in [4.78, 5) is 13.8. The lowest BCUT2D eigenvalue weighted by Gasteiger charge is -2.19. The van der Waals surface area contributed by atoms with Gasteiger partial charge in [-0.2, -0.15) is 0 Å². The first-order chi connectivity index (χ1) is 11.7. The Morgan fingerprint density at radius 1 is 1.04 bits per heavy atom. The minimum atomic E-state index is -3.32. The highest BCUT2D eigenvalue weighted by atomic mass is 32.2. The van der Waals surface area contributed by atoms with Crippen LogP contribution in [0, 0.1) is 5.82 Å². The van der Waals surface area contributed by atoms with E-state index in [1.54, 1.807) is 49.5 Å². The third kappa shape index (κ3) is 5.03. The summed E-state index contributed by atoms with van der Waals surface area (Å²) in [6.45, 7) is 0.195. The van der Waals surface area contributed by atoms with Crippen molar-refractivity contribution in [2.75, 3.05) is 24.7 Å². The number of amides is 1. The van der Waals surface area contributed by atoms with E-state index in [1.165, 1.54) is 22.3 Å². The number of benzene rings is 2. The molecule has 0 aromatic heterocycles. The summed E-state index contributed by atoms with van der Waals surface area (Å²) >= 11 is 0. The van der Waals surface area contributed by atoms with Gasteiger partial charge in [0.25, 0.3) is 0 Å². The maximum atomic E-state index is 13.7. The van der Waals surface area contributed by atoms with E-state index < -0.39 is 10.0 Å². The van der Waals surface area contributed by atoms with Crippen molar-refractivity contribution >= 4 is 21.6 Å². The summed E-state index contributed by atoms with van der Waals surface area (Å²) in [7, 11) is -0.226. The first-order valence-corrected chi connectivity index (χ1v) is 9.53. The molecule has 0 fully saturated rings. The highest BCUT2D eigenvalue weighted by Crippen LogP contribution is 2.17. The lowest BCUT2D eigenvalue weighted by molar-refractivity contribution is -0.129. The molecule has 0 N–H and O–H groups in total. The van der Waals surface area contributed by atoms with Crippen LogP contribution in [-0.2, 0) is 27.8 Å². The minimum absolute atomic E-state index is 0.146. The van der Waals surface area contributed by atoms with Crippen molar-refractivity contribution in [2.45, 2.75) is 13.0 Å². The second-order valence-corrected chi connectivity index (χ2v) is 7.93. The summed E-state index contributed by atoms with van der Waals surface area (Å²) in [6.07, 6.45) is 1.29. The van der Waals surface area contributed by atoms with Crippen molar-refractivity contribution in [3.63, 3.8) is 0 Å². The molecular weight excluding hydrogens is 343 g/mol. The predicted molar refractivity (Wildman–Crippen MR) is 96.3 cm³/mol. The molecule has 2 aromatic carbocycles. The zero-order valence-electron chi connectivity index (χ0n) is 14.4. The molecule has 0 atom stereocenters. The second kappa shape index (κ2) is 7.65. The smallest absolute Gasteiger partial charge is 0.231 e. The summed E-state index contributed by atoms with van der Waals surface area (Å²) < 4.78 is 37.9. The molecule has 0 saturated heterocycles. The van der Waals surface area contributed by atoms with Crippen LogP contribution in [0.2, 0.25) is 0 Å². The molecule has 0 unspecified atom stereocenters. The Bertz CT molecular complexity index is 851. The van der Waals surface area contributed by atoms with Gasteiger partial charge >= 0.3 is 0 Å². The van der Waals surface area contributed by atoms with Crippen molar-refractivity contribution < 1.29 is 17.6 Å². The number of halogens is 1. The Morgan fingerprint density at radius 3 is 2.20 bits per heavy atom. The molecule has 0 aliphatic carbocycles. The molecule has 5 nitrogen and oxygen atoms in total. The molecule has 0 bridgehead atoms. The van der Waals surface area contributed by atoms with Gasteiger partial charge in [0.1, 0.15) is 5.82 Å². The van der Waals surface area contributed by atoms with E-state index in [0.29, 0.717) is 11.3 Å². The average Bonchev–Trinajstić information content (AvgIpc) is 2.56. The Morgan fingerprint density at radius 2 is 1.64 bits per heavy atom. The molecule has 134 valence electrons. The summed E-state index contributed by atoms with van der Waals surface area (Å²) in [5, 5.41) is 0. The third-order valence-electron chi connectivity index (χ3n) is 3.94. The maximum absolute atomic E-state index is 13.7. The number of anilines is 1. The van der Waals surface area contributed by atoms with E-state index in [4.69, 9.17) is 0 Å². The normalized spacial score (nSPS) is 11.2. The fourth-order valence-corrected chi connectivity index (χ4v) is 2.80. The van der Waals surface area contributed by atoms with Gasteiger partial charge in [0.05, 0.1) is 18.4 Å². The quantitative estimate of drug-likeness (QED) is 0.791. The van der Waals surface area contributed by atoms with Crippen molar-refractivity contribution in [3.8, 4) is 0 Å². The standard InChI is InChI=1S/C18H21FN2O3S/c1-20(13-15-6-4-5-7-17(15)19)18(22)12-14-8-10-16(11-9-14)21(2)25(3,23)24/h4-11H,12-13H2,1-3H3. The molecule has 0 radical (unpaired) electrons. The van der Waals surface area contributed by atoms with E-state index in [1.807, 2.05) is 0 Å². The van der Waals surface area contributed by atoms with E-state index in [2.05, 4.69) is 0 Å². The van der Waals surface area contributed by atoms with Crippen molar-refractivity contribution in [3.05, 3.63) is 65.5 Å². The lowest BCUT2D eigenvalue weighted by atomic mass is 10.1.